The van der Waals surface area contributed by atoms with Crippen LogP contribution in [0.2, 0.25) is 0 Å². The van der Waals surface area contributed by atoms with Crippen molar-refractivity contribution in [2.75, 3.05) is 0 Å². The number of aliphatic hydroxyl groups excluding tert-OH is 5. The molecule has 2 saturated heterocycles. The Bertz CT molecular complexity index is 1130. The monoisotopic (exact) mass is 648 g/mol. The molecular weight excluding hydrogens is 591 g/mol. The fraction of sp³-hybridized carbons (Fsp3) is 0.667. The van der Waals surface area contributed by atoms with Crippen molar-refractivity contribution < 1.29 is 41.0 Å². The Kier molecular flexibility index (Phi) is 13.2. The minimum Gasteiger partial charge on any atom is -0.393 e. The second kappa shape index (κ2) is 17.1. The maximum atomic E-state index is 10.3. The summed E-state index contributed by atoms with van der Waals surface area (Å²) in [5.41, 5.74) is 2.57. The molecule has 2 aromatic carbocycles. The van der Waals surface area contributed by atoms with Crippen molar-refractivity contribution in [3.8, 4) is 0 Å². The quantitative estimate of drug-likeness (QED) is 0.196. The average Bonchev–Trinajstić information content (AvgIpc) is 3.74. The first-order chi connectivity index (χ1) is 21.8. The molecule has 9 heteroatoms. The molecular formula is C36H55O8P. The molecule has 0 spiro atoms. The Morgan fingerprint density at radius 2 is 1.13 bits per heavy atom. The third kappa shape index (κ3) is 9.79. The smallest absolute Gasteiger partial charge is 0.155 e. The van der Waals surface area contributed by atoms with Gasteiger partial charge in [-0.05, 0) is 86.2 Å². The number of rotatable bonds is 13. The number of aryl methyl sites for hydroxylation is 2. The van der Waals surface area contributed by atoms with Gasteiger partial charge in [0.15, 0.2) is 12.6 Å². The predicted octanol–water partition coefficient (Wildman–Crippen LogP) is 4.79. The number of benzene rings is 2. The second-order valence-corrected chi connectivity index (χ2v) is 13.9. The maximum Gasteiger partial charge on any atom is 0.155 e. The van der Waals surface area contributed by atoms with E-state index in [-0.39, 0.29) is 55.8 Å². The minimum absolute atomic E-state index is 0. The summed E-state index contributed by atoms with van der Waals surface area (Å²) in [7, 11) is 2.38. The summed E-state index contributed by atoms with van der Waals surface area (Å²) in [5.74, 6) is 0.899. The lowest BCUT2D eigenvalue weighted by Gasteiger charge is -2.23. The lowest BCUT2D eigenvalue weighted by Crippen LogP contribution is -2.23. The van der Waals surface area contributed by atoms with E-state index in [1.54, 1.807) is 0 Å². The van der Waals surface area contributed by atoms with Gasteiger partial charge in [-0.2, -0.15) is 0 Å². The zero-order chi connectivity index (χ0) is 31.8. The van der Waals surface area contributed by atoms with Crippen LogP contribution in [0.5, 0.6) is 0 Å². The third-order valence-electron chi connectivity index (χ3n) is 10.7. The summed E-state index contributed by atoms with van der Waals surface area (Å²) >= 11 is 0. The lowest BCUT2D eigenvalue weighted by atomic mass is 9.86. The molecule has 8 nitrogen and oxygen atoms in total. The average molecular weight is 649 g/mol. The molecule has 4 fully saturated rings. The fourth-order valence-electron chi connectivity index (χ4n) is 8.19. The summed E-state index contributed by atoms with van der Waals surface area (Å²) in [5, 5.41) is 49.8. The first-order valence-electron chi connectivity index (χ1n) is 16.9. The van der Waals surface area contributed by atoms with Gasteiger partial charge in [-0.15, -0.1) is 0 Å². The predicted molar refractivity (Wildman–Crippen MR) is 177 cm³/mol. The van der Waals surface area contributed by atoms with Gasteiger partial charge in [0.2, 0.25) is 0 Å². The Hall–Kier alpha value is -1.45. The van der Waals surface area contributed by atoms with Crippen LogP contribution in [0.1, 0.15) is 76.8 Å². The van der Waals surface area contributed by atoms with Crippen LogP contribution in [-0.4, -0.2) is 74.7 Å². The first kappa shape index (κ1) is 34.9. The highest BCUT2D eigenvalue weighted by Gasteiger charge is 2.49. The van der Waals surface area contributed by atoms with E-state index in [0.717, 1.165) is 44.9 Å². The Morgan fingerprint density at radius 3 is 1.62 bits per heavy atom. The highest BCUT2D eigenvalue weighted by atomic mass is 31.0. The zero-order valence-electron chi connectivity index (χ0n) is 26.2. The van der Waals surface area contributed by atoms with E-state index in [1.807, 2.05) is 24.3 Å². The first-order valence-corrected chi connectivity index (χ1v) is 17.4. The van der Waals surface area contributed by atoms with Crippen LogP contribution in [0.25, 0.3) is 0 Å². The SMILES string of the molecule is OC1C[C@@H]2[C@@H](CC[C@@H](O)CCc3ccccc3)[C@H](O)C[C@@H]2O1.OC1C[C@@H]2[C@@H](CC[C@H](CCc3ccccc3)OP)[C@H](O)C[C@@H]2O1.[3HH]. The number of ether oxygens (including phenoxy) is 2. The van der Waals surface area contributed by atoms with Gasteiger partial charge in [-0.3, -0.25) is 0 Å². The van der Waals surface area contributed by atoms with Gasteiger partial charge < -0.3 is 39.5 Å². The summed E-state index contributed by atoms with van der Waals surface area (Å²) in [6.07, 6.45) is 7.39. The van der Waals surface area contributed by atoms with E-state index in [0.29, 0.717) is 38.0 Å². The standard InChI is InChI=1S/C18H27O4P.C18H26O4.H2/c19-16-11-17-15(10-18(20)21-17)14(16)9-8-13(22-23)7-6-12-4-2-1-3-5-12;19-13(7-6-12-4-2-1-3-5-12)8-9-14-15-10-18(21)22-17(15)11-16(14)20;/h1-5,13-20H,6-11,23H2;1-5,13-21H,6-11H2;1H/t2*13-,14+,15+,16+,17-,18?;/m00./s1/i;;1+2. The molecule has 0 aromatic heterocycles. The lowest BCUT2D eigenvalue weighted by molar-refractivity contribution is -0.0957. The molecule has 6 rings (SSSR count). The van der Waals surface area contributed by atoms with Gasteiger partial charge in [-0.25, -0.2) is 0 Å². The largest absolute Gasteiger partial charge is 0.393 e. The van der Waals surface area contributed by atoms with Crippen LogP contribution in [0.15, 0.2) is 60.7 Å². The van der Waals surface area contributed by atoms with Gasteiger partial charge in [0, 0.05) is 36.6 Å². The number of fused-ring (bicyclic) bond motifs is 2. The van der Waals surface area contributed by atoms with Crippen molar-refractivity contribution in [1.29, 1.82) is 0 Å². The summed E-state index contributed by atoms with van der Waals surface area (Å²) in [6, 6.07) is 20.6. The summed E-state index contributed by atoms with van der Waals surface area (Å²) in [6.45, 7) is 0. The summed E-state index contributed by atoms with van der Waals surface area (Å²) < 4.78 is 16.5. The fourth-order valence-corrected chi connectivity index (χ4v) is 8.47. The molecule has 2 heterocycles. The van der Waals surface area contributed by atoms with Gasteiger partial charge in [0.25, 0.3) is 0 Å². The van der Waals surface area contributed by atoms with Crippen LogP contribution in [0.3, 0.4) is 0 Å². The van der Waals surface area contributed by atoms with Crippen LogP contribution in [-0.2, 0) is 26.8 Å². The highest BCUT2D eigenvalue weighted by Crippen LogP contribution is 2.46. The normalized spacial score (nSPS) is 35.0. The molecule has 2 aliphatic carbocycles. The molecule has 45 heavy (non-hydrogen) atoms. The molecule has 252 valence electrons. The molecule has 5 N–H and O–H groups in total. The van der Waals surface area contributed by atoms with E-state index < -0.39 is 12.6 Å². The van der Waals surface area contributed by atoms with Gasteiger partial charge in [0.05, 0.1) is 36.6 Å². The topological polar surface area (TPSA) is 129 Å². The number of hydrogen-bond acceptors (Lipinski definition) is 8. The second-order valence-electron chi connectivity index (χ2n) is 13.6. The van der Waals surface area contributed by atoms with Crippen LogP contribution < -0.4 is 0 Å². The van der Waals surface area contributed by atoms with E-state index in [9.17, 15) is 25.5 Å². The van der Waals surface area contributed by atoms with Crippen LogP contribution >= 0.6 is 9.47 Å². The molecule has 2 aromatic rings. The number of aliphatic hydroxyl groups is 5. The van der Waals surface area contributed by atoms with Crippen LogP contribution in [0.4, 0.5) is 0 Å². The molecule has 13 atom stereocenters. The van der Waals surface area contributed by atoms with E-state index in [1.165, 1.54) is 11.1 Å². The molecule has 2 aliphatic heterocycles. The highest BCUT2D eigenvalue weighted by molar-refractivity contribution is 7.09. The minimum atomic E-state index is -0.673. The van der Waals surface area contributed by atoms with Gasteiger partial charge >= 0.3 is 0 Å². The molecule has 4 aliphatic rings. The zero-order valence-corrected chi connectivity index (χ0v) is 27.4. The molecule has 3 unspecified atom stereocenters. The Labute approximate surface area is 271 Å². The molecule has 0 bridgehead atoms. The van der Waals surface area contributed by atoms with Crippen molar-refractivity contribution in [3.63, 3.8) is 0 Å². The summed E-state index contributed by atoms with van der Waals surface area (Å²) in [4.78, 5) is 0. The Morgan fingerprint density at radius 1 is 0.667 bits per heavy atom. The van der Waals surface area contributed by atoms with E-state index in [4.69, 9.17) is 14.0 Å². The van der Waals surface area contributed by atoms with Gasteiger partial charge in [0.1, 0.15) is 0 Å². The molecule has 0 radical (unpaired) electrons. The van der Waals surface area contributed by atoms with Crippen molar-refractivity contribution >= 4 is 9.47 Å². The third-order valence-corrected chi connectivity index (χ3v) is 11.0. The number of hydrogen-bond donors (Lipinski definition) is 5. The Balaban J connectivity index is 0.000000205. The molecule has 2 saturated carbocycles. The van der Waals surface area contributed by atoms with E-state index in [2.05, 4.69) is 45.9 Å². The van der Waals surface area contributed by atoms with Gasteiger partial charge in [-0.1, -0.05) is 60.7 Å². The maximum absolute atomic E-state index is 10.3. The van der Waals surface area contributed by atoms with Crippen molar-refractivity contribution in [2.45, 2.75) is 126 Å². The van der Waals surface area contributed by atoms with Crippen LogP contribution in [0, 0.1) is 23.7 Å². The van der Waals surface area contributed by atoms with E-state index >= 15 is 0 Å². The van der Waals surface area contributed by atoms with Crippen molar-refractivity contribution in [1.82, 2.24) is 0 Å². The van der Waals surface area contributed by atoms with Crippen molar-refractivity contribution in [2.24, 2.45) is 23.7 Å². The molecule has 0 amide bonds. The van der Waals surface area contributed by atoms with Crippen molar-refractivity contribution in [3.05, 3.63) is 71.8 Å².